The second kappa shape index (κ2) is 8.77. The standard InChI is InChI=1S/C20H25N3O7S/c1-11-5-6-16(7-12(11)2)31(27,28)23-10-15(24)9-17(23)20(26)29-14(4)19(25)21-18-8-13(3)22-30-18/h5-8,14-15,17,24H,9-10H2,1-4H3,(H,21,25)/t14?,15?,17-/m0/s1. The zero-order chi connectivity index (χ0) is 22.9. The number of hydrogen-bond donors (Lipinski definition) is 2. The first-order chi connectivity index (χ1) is 14.5. The highest BCUT2D eigenvalue weighted by Crippen LogP contribution is 2.28. The van der Waals surface area contributed by atoms with Crippen LogP contribution in [0.5, 0.6) is 0 Å². The van der Waals surface area contributed by atoms with Crippen molar-refractivity contribution >= 4 is 27.8 Å². The van der Waals surface area contributed by atoms with Gasteiger partial charge in [-0.25, -0.2) is 8.42 Å². The van der Waals surface area contributed by atoms with E-state index in [4.69, 9.17) is 9.26 Å². The number of hydrogen-bond acceptors (Lipinski definition) is 8. The predicted octanol–water partition coefficient (Wildman–Crippen LogP) is 1.29. The molecule has 0 radical (unpaired) electrons. The summed E-state index contributed by atoms with van der Waals surface area (Å²) >= 11 is 0. The van der Waals surface area contributed by atoms with Gasteiger partial charge < -0.3 is 14.4 Å². The maximum Gasteiger partial charge on any atom is 0.325 e. The van der Waals surface area contributed by atoms with Crippen LogP contribution in [0.15, 0.2) is 33.7 Å². The van der Waals surface area contributed by atoms with Crippen LogP contribution in [0.1, 0.15) is 30.2 Å². The summed E-state index contributed by atoms with van der Waals surface area (Å²) < 4.78 is 37.3. The van der Waals surface area contributed by atoms with Gasteiger partial charge in [-0.3, -0.25) is 14.9 Å². The molecule has 0 spiro atoms. The molecule has 0 aliphatic carbocycles. The fourth-order valence-corrected chi connectivity index (χ4v) is 4.94. The maximum atomic E-state index is 13.1. The number of esters is 1. The Balaban J connectivity index is 1.74. The van der Waals surface area contributed by atoms with Crippen molar-refractivity contribution in [1.29, 1.82) is 0 Å². The molecule has 0 bridgehead atoms. The molecule has 1 aromatic heterocycles. The Morgan fingerprint density at radius 3 is 2.58 bits per heavy atom. The van der Waals surface area contributed by atoms with Crippen LogP contribution in [-0.4, -0.2) is 59.7 Å². The molecule has 168 valence electrons. The van der Waals surface area contributed by atoms with Gasteiger partial charge in [0.2, 0.25) is 15.9 Å². The molecule has 3 rings (SSSR count). The number of benzene rings is 1. The molecule has 1 aromatic carbocycles. The van der Waals surface area contributed by atoms with Gasteiger partial charge in [0.1, 0.15) is 6.04 Å². The lowest BCUT2D eigenvalue weighted by Crippen LogP contribution is -2.43. The van der Waals surface area contributed by atoms with Crippen molar-refractivity contribution in [3.05, 3.63) is 41.1 Å². The van der Waals surface area contributed by atoms with E-state index in [0.29, 0.717) is 5.69 Å². The summed E-state index contributed by atoms with van der Waals surface area (Å²) in [5.41, 5.74) is 2.28. The lowest BCUT2D eigenvalue weighted by atomic mass is 10.1. The fourth-order valence-electron chi connectivity index (χ4n) is 3.23. The Hall–Kier alpha value is -2.76. The topological polar surface area (TPSA) is 139 Å². The number of aryl methyl sites for hydroxylation is 3. The van der Waals surface area contributed by atoms with Gasteiger partial charge in [0.15, 0.2) is 6.10 Å². The van der Waals surface area contributed by atoms with Crippen molar-refractivity contribution in [2.75, 3.05) is 11.9 Å². The quantitative estimate of drug-likeness (QED) is 0.627. The van der Waals surface area contributed by atoms with Crippen LogP contribution >= 0.6 is 0 Å². The second-order valence-corrected chi connectivity index (χ2v) is 9.52. The van der Waals surface area contributed by atoms with E-state index >= 15 is 0 Å². The number of amides is 1. The van der Waals surface area contributed by atoms with Crippen molar-refractivity contribution in [1.82, 2.24) is 9.46 Å². The molecule has 31 heavy (non-hydrogen) atoms. The van der Waals surface area contributed by atoms with Gasteiger partial charge in [-0.2, -0.15) is 4.31 Å². The van der Waals surface area contributed by atoms with Crippen molar-refractivity contribution in [3.8, 4) is 0 Å². The number of nitrogens with one attached hydrogen (secondary N) is 1. The lowest BCUT2D eigenvalue weighted by molar-refractivity contribution is -0.156. The molecule has 11 heteroatoms. The normalized spacial score (nSPS) is 20.4. The van der Waals surface area contributed by atoms with Crippen molar-refractivity contribution in [2.24, 2.45) is 0 Å². The maximum absolute atomic E-state index is 13.1. The van der Waals surface area contributed by atoms with Crippen LogP contribution in [0, 0.1) is 20.8 Å². The fraction of sp³-hybridized carbons (Fsp3) is 0.450. The summed E-state index contributed by atoms with van der Waals surface area (Å²) in [5, 5.41) is 16.1. The van der Waals surface area contributed by atoms with E-state index in [9.17, 15) is 23.1 Å². The second-order valence-electron chi connectivity index (χ2n) is 7.63. The highest BCUT2D eigenvalue weighted by Gasteiger charge is 2.45. The molecule has 2 unspecified atom stereocenters. The summed E-state index contributed by atoms with van der Waals surface area (Å²) in [6.45, 7) is 6.43. The minimum absolute atomic E-state index is 0.0222. The lowest BCUT2D eigenvalue weighted by Gasteiger charge is -2.24. The third-order valence-corrected chi connectivity index (χ3v) is 7.00. The first-order valence-electron chi connectivity index (χ1n) is 9.71. The molecule has 2 heterocycles. The molecule has 1 amide bonds. The minimum atomic E-state index is -4.06. The molecule has 1 aliphatic rings. The van der Waals surface area contributed by atoms with Gasteiger partial charge >= 0.3 is 5.97 Å². The van der Waals surface area contributed by atoms with Crippen molar-refractivity contribution < 1.29 is 32.4 Å². The Kier molecular flexibility index (Phi) is 6.48. The third kappa shape index (κ3) is 4.94. The van der Waals surface area contributed by atoms with E-state index in [1.807, 2.05) is 6.92 Å². The van der Waals surface area contributed by atoms with E-state index < -0.39 is 40.1 Å². The Morgan fingerprint density at radius 2 is 1.97 bits per heavy atom. The van der Waals surface area contributed by atoms with E-state index in [1.165, 1.54) is 25.1 Å². The zero-order valence-corrected chi connectivity index (χ0v) is 18.5. The van der Waals surface area contributed by atoms with E-state index in [2.05, 4.69) is 10.5 Å². The number of sulfonamides is 1. The highest BCUT2D eigenvalue weighted by molar-refractivity contribution is 7.89. The van der Waals surface area contributed by atoms with Crippen molar-refractivity contribution in [2.45, 2.75) is 57.3 Å². The minimum Gasteiger partial charge on any atom is -0.451 e. The van der Waals surface area contributed by atoms with Crippen LogP contribution in [0.2, 0.25) is 0 Å². The van der Waals surface area contributed by atoms with Crippen LogP contribution in [0.4, 0.5) is 5.88 Å². The van der Waals surface area contributed by atoms with Crippen LogP contribution < -0.4 is 5.32 Å². The zero-order valence-electron chi connectivity index (χ0n) is 17.7. The Morgan fingerprint density at radius 1 is 1.26 bits per heavy atom. The summed E-state index contributed by atoms with van der Waals surface area (Å²) in [4.78, 5) is 25.0. The van der Waals surface area contributed by atoms with E-state index in [0.717, 1.165) is 15.4 Å². The average Bonchev–Trinajstić information content (AvgIpc) is 3.29. The van der Waals surface area contributed by atoms with Gasteiger partial charge in [0, 0.05) is 19.0 Å². The van der Waals surface area contributed by atoms with Crippen molar-refractivity contribution in [3.63, 3.8) is 0 Å². The third-order valence-electron chi connectivity index (χ3n) is 5.13. The van der Waals surface area contributed by atoms with Gasteiger partial charge in [-0.1, -0.05) is 11.2 Å². The molecule has 1 fully saturated rings. The molecule has 3 atom stereocenters. The molecular formula is C20H25N3O7S. The summed E-state index contributed by atoms with van der Waals surface area (Å²) in [7, 11) is -4.06. The SMILES string of the molecule is Cc1cc(NC(=O)C(C)OC(=O)[C@@H]2CC(O)CN2S(=O)(=O)c2ccc(C)c(C)c2)on1. The largest absolute Gasteiger partial charge is 0.451 e. The van der Waals surface area contributed by atoms with Crippen LogP contribution in [0.3, 0.4) is 0 Å². The number of aliphatic hydroxyl groups excluding tert-OH is 1. The molecule has 1 aliphatic heterocycles. The number of β-amino-alcohol motifs (C(OH)–C–C–N with tert-alkyl or cyclic N) is 1. The monoisotopic (exact) mass is 451 g/mol. The Labute approximate surface area is 180 Å². The number of carbonyl (C=O) groups excluding carboxylic acids is 2. The first-order valence-corrected chi connectivity index (χ1v) is 11.1. The van der Waals surface area contributed by atoms with Gasteiger partial charge in [-0.05, 0) is 51.0 Å². The Bertz CT molecular complexity index is 1100. The number of aliphatic hydroxyl groups is 1. The summed E-state index contributed by atoms with van der Waals surface area (Å²) in [6, 6.07) is 4.91. The van der Waals surface area contributed by atoms with Crippen LogP contribution in [-0.2, 0) is 24.3 Å². The molecular weight excluding hydrogens is 426 g/mol. The van der Waals surface area contributed by atoms with Gasteiger partial charge in [0.25, 0.3) is 5.91 Å². The molecule has 1 saturated heterocycles. The molecule has 0 saturated carbocycles. The number of carbonyl (C=O) groups is 2. The average molecular weight is 452 g/mol. The smallest absolute Gasteiger partial charge is 0.325 e. The first kappa shape index (κ1) is 22.9. The molecule has 2 aromatic rings. The number of nitrogens with zero attached hydrogens (tertiary/aromatic N) is 2. The summed E-state index contributed by atoms with van der Waals surface area (Å²) in [5.74, 6) is -1.48. The molecule has 2 N–H and O–H groups in total. The van der Waals surface area contributed by atoms with Gasteiger partial charge in [0.05, 0.1) is 16.7 Å². The highest BCUT2D eigenvalue weighted by atomic mass is 32.2. The number of anilines is 1. The number of aromatic nitrogens is 1. The molecule has 10 nitrogen and oxygen atoms in total. The summed E-state index contributed by atoms with van der Waals surface area (Å²) in [6.07, 6.45) is -2.37. The van der Waals surface area contributed by atoms with Crippen LogP contribution in [0.25, 0.3) is 0 Å². The number of rotatable bonds is 6. The predicted molar refractivity (Wildman–Crippen MR) is 110 cm³/mol. The van der Waals surface area contributed by atoms with E-state index in [-0.39, 0.29) is 23.7 Å². The number of ether oxygens (including phenoxy) is 1. The van der Waals surface area contributed by atoms with E-state index in [1.54, 1.807) is 19.9 Å². The van der Waals surface area contributed by atoms with Gasteiger partial charge in [-0.15, -0.1) is 0 Å².